The van der Waals surface area contributed by atoms with Crippen LogP contribution in [0, 0.1) is 0 Å². The highest BCUT2D eigenvalue weighted by Crippen LogP contribution is 2.21. The molecular formula is C20H25N. The van der Waals surface area contributed by atoms with E-state index in [1.54, 1.807) is 0 Å². The summed E-state index contributed by atoms with van der Waals surface area (Å²) in [5, 5.41) is 0. The van der Waals surface area contributed by atoms with Crippen molar-refractivity contribution >= 4 is 11.8 Å². The third-order valence-corrected chi connectivity index (χ3v) is 3.60. The van der Waals surface area contributed by atoms with Gasteiger partial charge in [-0.3, -0.25) is 0 Å². The number of allylic oxidation sites excluding steroid dienone is 6. The zero-order chi connectivity index (χ0) is 15.1. The molecule has 0 atom stereocenters. The van der Waals surface area contributed by atoms with Crippen molar-refractivity contribution in [3.8, 4) is 0 Å². The fraction of sp³-hybridized carbons (Fsp3) is 0.300. The minimum Gasteiger partial charge on any atom is -0.372 e. The molecule has 0 aromatic heterocycles. The molecule has 21 heavy (non-hydrogen) atoms. The number of hydrogen-bond donors (Lipinski definition) is 0. The van der Waals surface area contributed by atoms with E-state index in [-0.39, 0.29) is 0 Å². The molecule has 110 valence electrons. The summed E-state index contributed by atoms with van der Waals surface area (Å²) >= 11 is 0. The maximum absolute atomic E-state index is 3.94. The van der Waals surface area contributed by atoms with E-state index in [9.17, 15) is 0 Å². The SMILES string of the molecule is C=C(C)/C=C(\C=C/C)/C=C/c1ccc(N2CCCC2)cc1. The highest BCUT2D eigenvalue weighted by molar-refractivity contribution is 5.59. The Kier molecular flexibility index (Phi) is 5.62. The van der Waals surface area contributed by atoms with Gasteiger partial charge in [0, 0.05) is 18.8 Å². The lowest BCUT2D eigenvalue weighted by Crippen LogP contribution is -2.17. The van der Waals surface area contributed by atoms with Crippen LogP contribution in [0.25, 0.3) is 6.08 Å². The molecule has 0 unspecified atom stereocenters. The van der Waals surface area contributed by atoms with Crippen LogP contribution >= 0.6 is 0 Å². The van der Waals surface area contributed by atoms with Gasteiger partial charge in [-0.05, 0) is 50.0 Å². The zero-order valence-corrected chi connectivity index (χ0v) is 13.2. The predicted molar refractivity (Wildman–Crippen MR) is 94.6 cm³/mol. The Morgan fingerprint density at radius 2 is 1.76 bits per heavy atom. The summed E-state index contributed by atoms with van der Waals surface area (Å²) in [6, 6.07) is 8.84. The van der Waals surface area contributed by atoms with Gasteiger partial charge in [-0.2, -0.15) is 0 Å². The summed E-state index contributed by atoms with van der Waals surface area (Å²) in [5.41, 5.74) is 4.82. The van der Waals surface area contributed by atoms with E-state index in [0.717, 1.165) is 5.57 Å². The van der Waals surface area contributed by atoms with Crippen LogP contribution in [0.15, 0.2) is 66.3 Å². The second-order valence-electron chi connectivity index (χ2n) is 5.61. The minimum atomic E-state index is 1.07. The van der Waals surface area contributed by atoms with Crippen LogP contribution in [0.1, 0.15) is 32.3 Å². The third-order valence-electron chi connectivity index (χ3n) is 3.60. The van der Waals surface area contributed by atoms with E-state index >= 15 is 0 Å². The van der Waals surface area contributed by atoms with Gasteiger partial charge in [-0.1, -0.05) is 54.7 Å². The van der Waals surface area contributed by atoms with Crippen molar-refractivity contribution in [3.05, 3.63) is 71.9 Å². The molecule has 1 aliphatic rings. The molecule has 1 heteroatoms. The maximum atomic E-state index is 3.94. The van der Waals surface area contributed by atoms with Crippen molar-refractivity contribution in [2.45, 2.75) is 26.7 Å². The van der Waals surface area contributed by atoms with Gasteiger partial charge in [0.05, 0.1) is 0 Å². The molecule has 0 spiro atoms. The molecule has 0 aliphatic carbocycles. The molecule has 1 nitrogen and oxygen atoms in total. The molecule has 1 aromatic carbocycles. The molecular weight excluding hydrogens is 254 g/mol. The Labute approximate surface area is 129 Å². The first kappa shape index (κ1) is 15.4. The highest BCUT2D eigenvalue weighted by atomic mass is 15.1. The highest BCUT2D eigenvalue weighted by Gasteiger charge is 2.11. The summed E-state index contributed by atoms with van der Waals surface area (Å²) in [5.74, 6) is 0. The van der Waals surface area contributed by atoms with E-state index in [4.69, 9.17) is 0 Å². The van der Waals surface area contributed by atoms with Gasteiger partial charge in [0.1, 0.15) is 0 Å². The molecule has 1 aromatic rings. The van der Waals surface area contributed by atoms with E-state index < -0.39 is 0 Å². The average Bonchev–Trinajstić information content (AvgIpc) is 2.99. The smallest absolute Gasteiger partial charge is 0.0366 e. The van der Waals surface area contributed by atoms with Crippen LogP contribution in [-0.2, 0) is 0 Å². The van der Waals surface area contributed by atoms with E-state index in [2.05, 4.69) is 66.1 Å². The quantitative estimate of drug-likeness (QED) is 0.654. The number of benzene rings is 1. The fourth-order valence-corrected chi connectivity index (χ4v) is 2.59. The normalized spacial score (nSPS) is 16.3. The predicted octanol–water partition coefficient (Wildman–Crippen LogP) is 5.38. The van der Waals surface area contributed by atoms with Crippen molar-refractivity contribution in [3.63, 3.8) is 0 Å². The van der Waals surface area contributed by atoms with Gasteiger partial charge >= 0.3 is 0 Å². The molecule has 1 aliphatic heterocycles. The molecule has 1 saturated heterocycles. The second kappa shape index (κ2) is 7.68. The van der Waals surface area contributed by atoms with Gasteiger partial charge in [-0.25, -0.2) is 0 Å². The summed E-state index contributed by atoms with van der Waals surface area (Å²) in [4.78, 5) is 2.46. The van der Waals surface area contributed by atoms with E-state index in [1.807, 2.05) is 13.8 Å². The van der Waals surface area contributed by atoms with Gasteiger partial charge in [0.15, 0.2) is 0 Å². The molecule has 0 radical (unpaired) electrons. The van der Waals surface area contributed by atoms with Crippen molar-refractivity contribution in [2.24, 2.45) is 0 Å². The standard InChI is InChI=1S/C20H25N/c1-4-7-19(16-17(2)3)9-8-18-10-12-20(13-11-18)21-14-5-6-15-21/h4,7-13,16H,2,5-6,14-15H2,1,3H3/b7-4-,9-8+,19-16+. The van der Waals surface area contributed by atoms with Crippen LogP contribution in [-0.4, -0.2) is 13.1 Å². The summed E-state index contributed by atoms with van der Waals surface area (Å²) in [6.45, 7) is 10.4. The van der Waals surface area contributed by atoms with Crippen LogP contribution in [0.5, 0.6) is 0 Å². The first-order chi connectivity index (χ1) is 10.2. The molecule has 0 amide bonds. The average molecular weight is 279 g/mol. The number of nitrogens with zero attached hydrogens (tertiary/aromatic N) is 1. The molecule has 0 bridgehead atoms. The Morgan fingerprint density at radius 3 is 2.33 bits per heavy atom. The van der Waals surface area contributed by atoms with Crippen molar-refractivity contribution in [2.75, 3.05) is 18.0 Å². The molecule has 2 rings (SSSR count). The Balaban J connectivity index is 2.07. The lowest BCUT2D eigenvalue weighted by atomic mass is 10.1. The Hall–Kier alpha value is -2.02. The second-order valence-corrected chi connectivity index (χ2v) is 5.61. The van der Waals surface area contributed by atoms with Gasteiger partial charge in [-0.15, -0.1) is 0 Å². The van der Waals surface area contributed by atoms with Crippen LogP contribution in [0.2, 0.25) is 0 Å². The first-order valence-electron chi connectivity index (χ1n) is 7.72. The third kappa shape index (κ3) is 4.78. The van der Waals surface area contributed by atoms with E-state index in [0.29, 0.717) is 0 Å². The van der Waals surface area contributed by atoms with Crippen molar-refractivity contribution in [1.29, 1.82) is 0 Å². The molecule has 1 fully saturated rings. The molecule has 0 N–H and O–H groups in total. The number of hydrogen-bond acceptors (Lipinski definition) is 1. The minimum absolute atomic E-state index is 1.07. The van der Waals surface area contributed by atoms with Crippen LogP contribution in [0.3, 0.4) is 0 Å². The maximum Gasteiger partial charge on any atom is 0.0366 e. The lowest BCUT2D eigenvalue weighted by molar-refractivity contribution is 0.949. The number of rotatable bonds is 5. The summed E-state index contributed by atoms with van der Waals surface area (Å²) < 4.78 is 0. The van der Waals surface area contributed by atoms with Crippen LogP contribution < -0.4 is 4.90 Å². The first-order valence-corrected chi connectivity index (χ1v) is 7.72. The van der Waals surface area contributed by atoms with Crippen LogP contribution in [0.4, 0.5) is 5.69 Å². The van der Waals surface area contributed by atoms with Gasteiger partial charge < -0.3 is 4.90 Å². The zero-order valence-electron chi connectivity index (χ0n) is 13.2. The van der Waals surface area contributed by atoms with Crippen molar-refractivity contribution in [1.82, 2.24) is 0 Å². The topological polar surface area (TPSA) is 3.24 Å². The van der Waals surface area contributed by atoms with Gasteiger partial charge in [0.25, 0.3) is 0 Å². The van der Waals surface area contributed by atoms with E-state index in [1.165, 1.54) is 42.8 Å². The Bertz CT molecular complexity index is 552. The molecule has 1 heterocycles. The van der Waals surface area contributed by atoms with Crippen molar-refractivity contribution < 1.29 is 0 Å². The molecule has 0 saturated carbocycles. The Morgan fingerprint density at radius 1 is 1.10 bits per heavy atom. The van der Waals surface area contributed by atoms with Gasteiger partial charge in [0.2, 0.25) is 0 Å². The fourth-order valence-electron chi connectivity index (χ4n) is 2.59. The monoisotopic (exact) mass is 279 g/mol. The summed E-state index contributed by atoms with van der Waals surface area (Å²) in [7, 11) is 0. The number of anilines is 1. The summed E-state index contributed by atoms with van der Waals surface area (Å²) in [6.07, 6.45) is 13.2. The lowest BCUT2D eigenvalue weighted by Gasteiger charge is -2.17. The largest absolute Gasteiger partial charge is 0.372 e.